The number of esters is 2. The SMILES string of the molecule is C/C(=C/C(=O)OC1CCCC(C(F)(F)F)CC1)C(=O)OC1CCCC(C(F)(F)F)CC1. The lowest BCUT2D eigenvalue weighted by atomic mass is 10.00. The van der Waals surface area contributed by atoms with E-state index in [1.165, 1.54) is 6.92 Å². The molecular weight excluding hydrogens is 430 g/mol. The van der Waals surface area contributed by atoms with E-state index in [1.807, 2.05) is 0 Å². The van der Waals surface area contributed by atoms with Crippen LogP contribution in [0.4, 0.5) is 26.3 Å². The molecular formula is C21H28F6O4. The molecule has 0 amide bonds. The van der Waals surface area contributed by atoms with Gasteiger partial charge in [-0.15, -0.1) is 0 Å². The van der Waals surface area contributed by atoms with Gasteiger partial charge in [0.15, 0.2) is 0 Å². The number of alkyl halides is 6. The van der Waals surface area contributed by atoms with Gasteiger partial charge in [0.2, 0.25) is 0 Å². The van der Waals surface area contributed by atoms with E-state index in [4.69, 9.17) is 9.47 Å². The Morgan fingerprint density at radius 2 is 1.16 bits per heavy atom. The summed E-state index contributed by atoms with van der Waals surface area (Å²) in [5.41, 5.74) is -0.0663. The molecule has 0 spiro atoms. The highest BCUT2D eigenvalue weighted by Crippen LogP contribution is 2.38. The fourth-order valence-electron chi connectivity index (χ4n) is 4.10. The van der Waals surface area contributed by atoms with Crippen molar-refractivity contribution in [2.45, 2.75) is 95.7 Å². The normalized spacial score (nSPS) is 28.9. The van der Waals surface area contributed by atoms with Gasteiger partial charge >= 0.3 is 24.3 Å². The predicted molar refractivity (Wildman–Crippen MR) is 98.8 cm³/mol. The van der Waals surface area contributed by atoms with Crippen molar-refractivity contribution in [1.82, 2.24) is 0 Å². The lowest BCUT2D eigenvalue weighted by Gasteiger charge is -2.19. The van der Waals surface area contributed by atoms with Gasteiger partial charge in [0, 0.05) is 11.6 Å². The largest absolute Gasteiger partial charge is 0.459 e. The van der Waals surface area contributed by atoms with Crippen LogP contribution >= 0.6 is 0 Å². The standard InChI is InChI=1S/C21H28F6O4/c1-13(19(29)31-17-7-3-5-15(9-11-17)21(25,26)27)12-18(28)30-16-6-2-4-14(8-10-16)20(22,23)24/h12,14-17H,2-11H2,1H3/b13-12-. The van der Waals surface area contributed by atoms with E-state index in [0.29, 0.717) is 12.8 Å². The van der Waals surface area contributed by atoms with E-state index in [1.54, 1.807) is 0 Å². The monoisotopic (exact) mass is 458 g/mol. The Morgan fingerprint density at radius 1 is 0.710 bits per heavy atom. The summed E-state index contributed by atoms with van der Waals surface area (Å²) in [5.74, 6) is -4.47. The highest BCUT2D eigenvalue weighted by molar-refractivity contribution is 5.95. The van der Waals surface area contributed by atoms with E-state index in [9.17, 15) is 35.9 Å². The van der Waals surface area contributed by atoms with Gasteiger partial charge in [0.1, 0.15) is 12.2 Å². The van der Waals surface area contributed by atoms with E-state index < -0.39 is 48.3 Å². The molecule has 2 fully saturated rings. The molecule has 0 aromatic rings. The van der Waals surface area contributed by atoms with Crippen molar-refractivity contribution in [3.05, 3.63) is 11.6 Å². The van der Waals surface area contributed by atoms with Gasteiger partial charge in [0.05, 0.1) is 11.8 Å². The molecule has 2 aliphatic carbocycles. The molecule has 2 rings (SSSR count). The molecule has 2 saturated carbocycles. The van der Waals surface area contributed by atoms with E-state index in [2.05, 4.69) is 0 Å². The van der Waals surface area contributed by atoms with E-state index >= 15 is 0 Å². The zero-order valence-electron chi connectivity index (χ0n) is 17.4. The molecule has 178 valence electrons. The van der Waals surface area contributed by atoms with Crippen molar-refractivity contribution in [3.8, 4) is 0 Å². The molecule has 0 heterocycles. The fourth-order valence-corrected chi connectivity index (χ4v) is 4.10. The molecule has 0 aromatic heterocycles. The molecule has 4 unspecified atom stereocenters. The third-order valence-electron chi connectivity index (χ3n) is 5.97. The van der Waals surface area contributed by atoms with Gasteiger partial charge in [-0.25, -0.2) is 9.59 Å². The number of halogens is 6. The summed E-state index contributed by atoms with van der Waals surface area (Å²) >= 11 is 0. The maximum Gasteiger partial charge on any atom is 0.391 e. The molecule has 0 aliphatic heterocycles. The third-order valence-corrected chi connectivity index (χ3v) is 5.97. The predicted octanol–water partition coefficient (Wildman–Crippen LogP) is 6.04. The van der Waals surface area contributed by atoms with E-state index in [0.717, 1.165) is 6.08 Å². The second kappa shape index (κ2) is 10.7. The highest BCUT2D eigenvalue weighted by Gasteiger charge is 2.41. The molecule has 4 atom stereocenters. The third kappa shape index (κ3) is 8.37. The zero-order chi connectivity index (χ0) is 23.2. The van der Waals surface area contributed by atoms with Gasteiger partial charge in [-0.2, -0.15) is 26.3 Å². The molecule has 0 aromatic carbocycles. The van der Waals surface area contributed by atoms with Crippen LogP contribution in [-0.2, 0) is 19.1 Å². The Balaban J connectivity index is 1.82. The maximum absolute atomic E-state index is 12.9. The number of hydrogen-bond acceptors (Lipinski definition) is 4. The van der Waals surface area contributed by atoms with Crippen molar-refractivity contribution < 1.29 is 45.4 Å². The van der Waals surface area contributed by atoms with E-state index in [-0.39, 0.29) is 56.9 Å². The molecule has 0 N–H and O–H groups in total. The minimum absolute atomic E-state index is 0.00464. The van der Waals surface area contributed by atoms with Crippen LogP contribution in [-0.4, -0.2) is 36.5 Å². The van der Waals surface area contributed by atoms with Crippen LogP contribution in [0.3, 0.4) is 0 Å². The average molecular weight is 458 g/mol. The summed E-state index contributed by atoms with van der Waals surface area (Å²) in [6.45, 7) is 1.32. The summed E-state index contributed by atoms with van der Waals surface area (Å²) < 4.78 is 87.6. The molecule has 0 bridgehead atoms. The average Bonchev–Trinajstić information content (AvgIpc) is 3.01. The van der Waals surface area contributed by atoms with Crippen molar-refractivity contribution in [2.24, 2.45) is 11.8 Å². The van der Waals surface area contributed by atoms with Crippen LogP contribution in [0.25, 0.3) is 0 Å². The molecule has 2 aliphatic rings. The smallest absolute Gasteiger partial charge is 0.391 e. The molecule has 31 heavy (non-hydrogen) atoms. The zero-order valence-corrected chi connectivity index (χ0v) is 17.4. The van der Waals surface area contributed by atoms with Crippen molar-refractivity contribution >= 4 is 11.9 Å². The van der Waals surface area contributed by atoms with Gasteiger partial charge in [0.25, 0.3) is 0 Å². The molecule has 10 heteroatoms. The molecule has 0 radical (unpaired) electrons. The minimum Gasteiger partial charge on any atom is -0.459 e. The summed E-state index contributed by atoms with van der Waals surface area (Å²) in [6, 6.07) is 0. The maximum atomic E-state index is 12.9. The van der Waals surface area contributed by atoms with Crippen molar-refractivity contribution in [2.75, 3.05) is 0 Å². The quantitative estimate of drug-likeness (QED) is 0.223. The summed E-state index contributed by atoms with van der Waals surface area (Å²) in [5, 5.41) is 0. The summed E-state index contributed by atoms with van der Waals surface area (Å²) in [6.07, 6.45) is -7.77. The number of carbonyl (C=O) groups excluding carboxylic acids is 2. The van der Waals surface area contributed by atoms with Crippen LogP contribution in [0.15, 0.2) is 11.6 Å². The first-order chi connectivity index (χ1) is 14.4. The van der Waals surface area contributed by atoms with Crippen LogP contribution < -0.4 is 0 Å². The fraction of sp³-hybridized carbons (Fsp3) is 0.810. The van der Waals surface area contributed by atoms with Crippen LogP contribution in [0, 0.1) is 11.8 Å². The summed E-state index contributed by atoms with van der Waals surface area (Å²) in [7, 11) is 0. The Bertz CT molecular complexity index is 655. The van der Waals surface area contributed by atoms with Crippen LogP contribution in [0.1, 0.15) is 71.1 Å². The number of ether oxygens (including phenoxy) is 2. The van der Waals surface area contributed by atoms with Gasteiger partial charge in [-0.05, 0) is 71.1 Å². The van der Waals surface area contributed by atoms with Gasteiger partial charge < -0.3 is 9.47 Å². The highest BCUT2D eigenvalue weighted by atomic mass is 19.4. The number of rotatable bonds is 4. The lowest BCUT2D eigenvalue weighted by molar-refractivity contribution is -0.178. The number of carbonyl (C=O) groups is 2. The molecule has 0 saturated heterocycles. The first-order valence-corrected chi connectivity index (χ1v) is 10.6. The second-order valence-electron chi connectivity index (χ2n) is 8.41. The summed E-state index contributed by atoms with van der Waals surface area (Å²) in [4.78, 5) is 24.3. The Kier molecular flexibility index (Phi) is 8.83. The first-order valence-electron chi connectivity index (χ1n) is 10.6. The Hall–Kier alpha value is -1.74. The topological polar surface area (TPSA) is 52.6 Å². The van der Waals surface area contributed by atoms with Gasteiger partial charge in [-0.1, -0.05) is 0 Å². The number of hydrogen-bond donors (Lipinski definition) is 0. The minimum atomic E-state index is -4.27. The van der Waals surface area contributed by atoms with Crippen LogP contribution in [0.2, 0.25) is 0 Å². The second-order valence-corrected chi connectivity index (χ2v) is 8.41. The van der Waals surface area contributed by atoms with Crippen molar-refractivity contribution in [3.63, 3.8) is 0 Å². The van der Waals surface area contributed by atoms with Crippen molar-refractivity contribution in [1.29, 1.82) is 0 Å². The lowest BCUT2D eigenvalue weighted by Crippen LogP contribution is -2.23. The first kappa shape index (κ1) is 25.5. The Morgan fingerprint density at radius 3 is 1.61 bits per heavy atom. The molecule has 4 nitrogen and oxygen atoms in total. The van der Waals surface area contributed by atoms with Gasteiger partial charge in [-0.3, -0.25) is 0 Å². The Labute approximate surface area is 177 Å². The van der Waals surface area contributed by atoms with Crippen LogP contribution in [0.5, 0.6) is 0 Å².